The molecule has 2 aromatic carbocycles. The molecule has 6 heteroatoms. The lowest BCUT2D eigenvalue weighted by Gasteiger charge is -2.60. The van der Waals surface area contributed by atoms with Gasteiger partial charge in [0.05, 0.1) is 27.8 Å². The lowest BCUT2D eigenvalue weighted by molar-refractivity contribution is -0.129. The van der Waals surface area contributed by atoms with Gasteiger partial charge in [-0.1, -0.05) is 67.5 Å². The zero-order valence-corrected chi connectivity index (χ0v) is 25.9. The lowest BCUT2D eigenvalue weighted by Crippen LogP contribution is -2.55. The number of benzene rings is 2. The maximum atomic E-state index is 13.8. The molecule has 5 nitrogen and oxygen atoms in total. The number of para-hydroxylation sites is 1. The Morgan fingerprint density at radius 3 is 2.69 bits per heavy atom. The number of amides is 1. The summed E-state index contributed by atoms with van der Waals surface area (Å²) in [6, 6.07) is 16.8. The molecule has 0 spiro atoms. The van der Waals surface area contributed by atoms with E-state index in [9.17, 15) is 4.79 Å². The van der Waals surface area contributed by atoms with E-state index in [1.807, 2.05) is 18.2 Å². The first-order valence-electron chi connectivity index (χ1n) is 15.8. The monoisotopic (exact) mass is 576 g/mol. The molecule has 42 heavy (non-hydrogen) atoms. The summed E-state index contributed by atoms with van der Waals surface area (Å²) in [5, 5.41) is 8.86. The Hall–Kier alpha value is -3.25. The van der Waals surface area contributed by atoms with Crippen LogP contribution in [0.5, 0.6) is 0 Å². The summed E-state index contributed by atoms with van der Waals surface area (Å²) in [5.74, 6) is 2.69. The SMILES string of the molecule is Cc1ccc(-n2ncc3c2C=C2CCC4C(C(C)CC5(C)C(C(=O)Nc6nc7ccccc7s6)CCC45)C2(C)C3)cc1. The molecule has 0 saturated heterocycles. The van der Waals surface area contributed by atoms with Crippen LogP contribution in [0.1, 0.15) is 69.7 Å². The Labute approximate surface area is 252 Å². The first-order chi connectivity index (χ1) is 20.2. The largest absolute Gasteiger partial charge is 0.302 e. The summed E-state index contributed by atoms with van der Waals surface area (Å²) in [6.07, 6.45) is 11.3. The Morgan fingerprint density at radius 1 is 1.07 bits per heavy atom. The van der Waals surface area contributed by atoms with E-state index >= 15 is 0 Å². The topological polar surface area (TPSA) is 59.8 Å². The molecule has 2 heterocycles. The van der Waals surface area contributed by atoms with Crippen molar-refractivity contribution >= 4 is 38.7 Å². The third-order valence-electron chi connectivity index (χ3n) is 11.9. The van der Waals surface area contributed by atoms with Crippen molar-refractivity contribution in [3.05, 3.63) is 77.1 Å². The van der Waals surface area contributed by atoms with Crippen molar-refractivity contribution in [3.8, 4) is 5.69 Å². The van der Waals surface area contributed by atoms with E-state index in [1.165, 1.54) is 23.2 Å². The summed E-state index contributed by atoms with van der Waals surface area (Å²) in [5.41, 5.74) is 7.82. The second kappa shape index (κ2) is 9.37. The number of nitrogens with zero attached hydrogens (tertiary/aromatic N) is 3. The van der Waals surface area contributed by atoms with Gasteiger partial charge in [0.1, 0.15) is 0 Å². The Bertz CT molecular complexity index is 1700. The quantitative estimate of drug-likeness (QED) is 0.266. The van der Waals surface area contributed by atoms with E-state index in [-0.39, 0.29) is 22.7 Å². The van der Waals surface area contributed by atoms with E-state index in [4.69, 9.17) is 10.1 Å². The predicted molar refractivity (Wildman–Crippen MR) is 171 cm³/mol. The minimum Gasteiger partial charge on any atom is -0.302 e. The number of carbonyl (C=O) groups is 1. The van der Waals surface area contributed by atoms with Crippen molar-refractivity contribution in [3.63, 3.8) is 0 Å². The molecule has 0 aliphatic heterocycles. The van der Waals surface area contributed by atoms with Crippen molar-refractivity contribution in [2.24, 2.45) is 40.4 Å². The Balaban J connectivity index is 1.06. The average Bonchev–Trinajstić information content (AvgIpc) is 3.65. The first-order valence-corrected chi connectivity index (χ1v) is 16.6. The maximum Gasteiger partial charge on any atom is 0.229 e. The van der Waals surface area contributed by atoms with Gasteiger partial charge in [0.2, 0.25) is 5.91 Å². The van der Waals surface area contributed by atoms with Gasteiger partial charge in [-0.15, -0.1) is 0 Å². The number of nitrogens with one attached hydrogen (secondary N) is 1. The summed E-state index contributed by atoms with van der Waals surface area (Å²) >= 11 is 1.58. The molecule has 4 aliphatic carbocycles. The molecule has 4 aromatic rings. The molecule has 1 N–H and O–H groups in total. The summed E-state index contributed by atoms with van der Waals surface area (Å²) in [4.78, 5) is 18.5. The predicted octanol–water partition coefficient (Wildman–Crippen LogP) is 8.47. The van der Waals surface area contributed by atoms with Gasteiger partial charge in [0, 0.05) is 5.92 Å². The fraction of sp³-hybridized carbons (Fsp3) is 0.472. The van der Waals surface area contributed by atoms with E-state index in [1.54, 1.807) is 16.9 Å². The van der Waals surface area contributed by atoms with Crippen LogP contribution < -0.4 is 5.32 Å². The van der Waals surface area contributed by atoms with Crippen LogP contribution in [-0.2, 0) is 11.2 Å². The van der Waals surface area contributed by atoms with E-state index in [0.29, 0.717) is 23.7 Å². The minimum atomic E-state index is 0.0368. The van der Waals surface area contributed by atoms with Crippen molar-refractivity contribution in [2.75, 3.05) is 5.32 Å². The average molecular weight is 577 g/mol. The summed E-state index contributed by atoms with van der Waals surface area (Å²) in [6.45, 7) is 9.61. The van der Waals surface area contributed by atoms with Gasteiger partial charge in [-0.05, 0) is 116 Å². The standard InChI is InChI=1S/C36H40N4OS/c1-21-9-12-25(13-10-21)40-30-17-24-11-14-26-27-15-16-28(33(41)39-34-38-29-7-5-6-8-31(29)42-34)36(27,4)18-22(2)32(26)35(24,3)19-23(30)20-37-40/h5-10,12-13,17,20,22,26-28,32H,11,14-16,18-19H2,1-4H3,(H,38,39,41). The van der Waals surface area contributed by atoms with Gasteiger partial charge in [-0.25, -0.2) is 9.67 Å². The van der Waals surface area contributed by atoms with Gasteiger partial charge >= 0.3 is 0 Å². The number of aryl methyl sites for hydroxylation is 1. The second-order valence-electron chi connectivity index (χ2n) is 14.2. The number of allylic oxidation sites excluding steroid dienone is 1. The fourth-order valence-corrected chi connectivity index (χ4v) is 11.1. The molecule has 8 rings (SSSR count). The van der Waals surface area contributed by atoms with Crippen LogP contribution in [0, 0.1) is 47.3 Å². The highest BCUT2D eigenvalue weighted by Gasteiger charge is 2.62. The molecule has 7 atom stereocenters. The molecule has 4 aliphatic rings. The summed E-state index contributed by atoms with van der Waals surface area (Å²) < 4.78 is 3.26. The molecular weight excluding hydrogens is 536 g/mol. The Kier molecular flexibility index (Phi) is 5.89. The third-order valence-corrected chi connectivity index (χ3v) is 12.8. The number of anilines is 1. The summed E-state index contributed by atoms with van der Waals surface area (Å²) in [7, 11) is 0. The number of rotatable bonds is 3. The van der Waals surface area contributed by atoms with E-state index in [0.717, 1.165) is 53.1 Å². The zero-order valence-electron chi connectivity index (χ0n) is 25.1. The lowest BCUT2D eigenvalue weighted by atomic mass is 9.44. The Morgan fingerprint density at radius 2 is 1.88 bits per heavy atom. The molecule has 0 bridgehead atoms. The number of hydrogen-bond acceptors (Lipinski definition) is 4. The highest BCUT2D eigenvalue weighted by Crippen LogP contribution is 2.68. The molecule has 216 valence electrons. The van der Waals surface area contributed by atoms with Gasteiger partial charge in [-0.3, -0.25) is 4.79 Å². The number of aromatic nitrogens is 3. The number of fused-ring (bicyclic) bond motifs is 7. The van der Waals surface area contributed by atoms with E-state index < -0.39 is 0 Å². The van der Waals surface area contributed by atoms with Gasteiger partial charge < -0.3 is 5.32 Å². The van der Waals surface area contributed by atoms with Crippen LogP contribution in [0.2, 0.25) is 0 Å². The molecule has 3 fully saturated rings. The van der Waals surface area contributed by atoms with Gasteiger partial charge in [0.15, 0.2) is 5.13 Å². The number of thiazole rings is 1. The maximum absolute atomic E-state index is 13.8. The zero-order chi connectivity index (χ0) is 28.8. The normalized spacial score (nSPS) is 33.3. The highest BCUT2D eigenvalue weighted by atomic mass is 32.1. The van der Waals surface area contributed by atoms with Crippen LogP contribution in [0.3, 0.4) is 0 Å². The van der Waals surface area contributed by atoms with Gasteiger partial charge in [-0.2, -0.15) is 5.10 Å². The number of carbonyl (C=O) groups excluding carboxylic acids is 1. The smallest absolute Gasteiger partial charge is 0.229 e. The van der Waals surface area contributed by atoms with Crippen LogP contribution in [0.15, 0.2) is 60.3 Å². The van der Waals surface area contributed by atoms with Crippen molar-refractivity contribution in [1.29, 1.82) is 0 Å². The van der Waals surface area contributed by atoms with Crippen LogP contribution >= 0.6 is 11.3 Å². The fourth-order valence-electron chi connectivity index (χ4n) is 10.2. The molecule has 0 radical (unpaired) electrons. The van der Waals surface area contributed by atoms with E-state index in [2.05, 4.69) is 80.3 Å². The molecule has 1 amide bonds. The first kappa shape index (κ1) is 26.4. The van der Waals surface area contributed by atoms with Crippen molar-refractivity contribution in [1.82, 2.24) is 14.8 Å². The molecule has 3 saturated carbocycles. The van der Waals surface area contributed by atoms with Crippen LogP contribution in [0.4, 0.5) is 5.13 Å². The van der Waals surface area contributed by atoms with Crippen molar-refractivity contribution in [2.45, 2.75) is 66.2 Å². The number of hydrogen-bond donors (Lipinski definition) is 1. The van der Waals surface area contributed by atoms with Gasteiger partial charge in [0.25, 0.3) is 0 Å². The second-order valence-corrected chi connectivity index (χ2v) is 15.2. The van der Waals surface area contributed by atoms with Crippen LogP contribution in [-0.4, -0.2) is 20.7 Å². The molecular formula is C36H40N4OS. The van der Waals surface area contributed by atoms with Crippen LogP contribution in [0.25, 0.3) is 22.0 Å². The minimum absolute atomic E-state index is 0.0368. The highest BCUT2D eigenvalue weighted by molar-refractivity contribution is 7.22. The molecule has 7 unspecified atom stereocenters. The van der Waals surface area contributed by atoms with Crippen molar-refractivity contribution < 1.29 is 4.79 Å². The molecule has 2 aromatic heterocycles. The third kappa shape index (κ3) is 3.83.